The summed E-state index contributed by atoms with van der Waals surface area (Å²) in [6.07, 6.45) is 4.42. The average Bonchev–Trinajstić information content (AvgIpc) is 2.78. The summed E-state index contributed by atoms with van der Waals surface area (Å²) in [5.41, 5.74) is 6.93. The minimum absolute atomic E-state index is 0.226. The highest BCUT2D eigenvalue weighted by Crippen LogP contribution is 2.26. The van der Waals surface area contributed by atoms with E-state index in [0.29, 0.717) is 12.1 Å². The zero-order valence-electron chi connectivity index (χ0n) is 10.5. The van der Waals surface area contributed by atoms with Crippen molar-refractivity contribution >= 4 is 16.3 Å². The molecule has 0 aliphatic heterocycles. The fourth-order valence-electron chi connectivity index (χ4n) is 2.50. The minimum Gasteiger partial charge on any atom is -0.328 e. The molecular weight excluding hydrogens is 250 g/mol. The van der Waals surface area contributed by atoms with E-state index < -0.39 is 0 Å². The molecular formula is C12H19N3O2S. The van der Waals surface area contributed by atoms with E-state index in [0.717, 1.165) is 37.8 Å². The van der Waals surface area contributed by atoms with Crippen LogP contribution in [-0.4, -0.2) is 29.0 Å². The maximum absolute atomic E-state index is 10.6. The van der Waals surface area contributed by atoms with Crippen molar-refractivity contribution in [2.24, 2.45) is 5.73 Å². The molecule has 5 nitrogen and oxygen atoms in total. The molecule has 1 aliphatic rings. The largest absolute Gasteiger partial charge is 0.328 e. The lowest BCUT2D eigenvalue weighted by Gasteiger charge is -2.33. The Bertz CT molecular complexity index is 413. The van der Waals surface area contributed by atoms with E-state index in [1.807, 2.05) is 5.38 Å². The van der Waals surface area contributed by atoms with E-state index in [4.69, 9.17) is 5.73 Å². The first-order valence-electron chi connectivity index (χ1n) is 6.24. The van der Waals surface area contributed by atoms with Crippen molar-refractivity contribution < 1.29 is 4.92 Å². The zero-order valence-corrected chi connectivity index (χ0v) is 11.4. The Morgan fingerprint density at radius 1 is 1.50 bits per heavy atom. The van der Waals surface area contributed by atoms with Gasteiger partial charge in [0.05, 0.1) is 4.92 Å². The molecule has 0 aromatic carbocycles. The first-order valence-corrected chi connectivity index (χ1v) is 7.12. The lowest BCUT2D eigenvalue weighted by atomic mass is 9.91. The van der Waals surface area contributed by atoms with Crippen LogP contribution >= 0.6 is 11.3 Å². The van der Waals surface area contributed by atoms with E-state index in [1.165, 1.54) is 11.3 Å². The van der Waals surface area contributed by atoms with Gasteiger partial charge < -0.3 is 5.73 Å². The summed E-state index contributed by atoms with van der Waals surface area (Å²) in [5.74, 6) is 0. The second kappa shape index (κ2) is 5.77. The number of hydrogen-bond acceptors (Lipinski definition) is 5. The molecule has 18 heavy (non-hydrogen) atoms. The molecule has 0 atom stereocenters. The van der Waals surface area contributed by atoms with Gasteiger partial charge in [0.25, 0.3) is 0 Å². The second-order valence-electron chi connectivity index (χ2n) is 5.03. The van der Waals surface area contributed by atoms with Crippen LogP contribution in [-0.2, 0) is 6.54 Å². The van der Waals surface area contributed by atoms with Gasteiger partial charge in [0.1, 0.15) is 0 Å². The highest BCUT2D eigenvalue weighted by Gasteiger charge is 2.22. The summed E-state index contributed by atoms with van der Waals surface area (Å²) in [4.78, 5) is 12.6. The Morgan fingerprint density at radius 3 is 2.72 bits per heavy atom. The Hall–Kier alpha value is -0.980. The SMILES string of the molecule is CN(Cc1csc([N+](=O)[O-])c1)C1CCC(N)CC1. The lowest BCUT2D eigenvalue weighted by Crippen LogP contribution is -2.38. The molecule has 0 spiro atoms. The van der Waals surface area contributed by atoms with Crippen LogP contribution in [0, 0.1) is 10.1 Å². The molecule has 1 saturated carbocycles. The third kappa shape index (κ3) is 3.28. The molecule has 1 heterocycles. The molecule has 0 saturated heterocycles. The van der Waals surface area contributed by atoms with Crippen molar-refractivity contribution in [1.29, 1.82) is 0 Å². The fourth-order valence-corrected chi connectivity index (χ4v) is 3.22. The number of thiophene rings is 1. The normalized spacial score (nSPS) is 24.4. The fraction of sp³-hybridized carbons (Fsp3) is 0.667. The Morgan fingerprint density at radius 2 is 2.17 bits per heavy atom. The van der Waals surface area contributed by atoms with Gasteiger partial charge in [-0.15, -0.1) is 0 Å². The number of rotatable bonds is 4. The molecule has 0 unspecified atom stereocenters. The third-order valence-electron chi connectivity index (χ3n) is 3.62. The standard InChI is InChI=1S/C12H19N3O2S/c1-14(11-4-2-10(13)3-5-11)7-9-6-12(15(16)17)18-8-9/h6,8,10-11H,2-5,7,13H2,1H3. The van der Waals surface area contributed by atoms with Crippen molar-refractivity contribution in [1.82, 2.24) is 4.90 Å². The van der Waals surface area contributed by atoms with Gasteiger partial charge in [-0.05, 0) is 38.3 Å². The molecule has 1 fully saturated rings. The van der Waals surface area contributed by atoms with Gasteiger partial charge in [0.2, 0.25) is 0 Å². The highest BCUT2D eigenvalue weighted by atomic mass is 32.1. The van der Waals surface area contributed by atoms with Crippen molar-refractivity contribution in [3.05, 3.63) is 27.1 Å². The van der Waals surface area contributed by atoms with Crippen LogP contribution in [0.25, 0.3) is 0 Å². The molecule has 1 aromatic rings. The number of nitrogens with two attached hydrogens (primary N) is 1. The summed E-state index contributed by atoms with van der Waals surface area (Å²) in [7, 11) is 2.09. The van der Waals surface area contributed by atoms with Crippen LogP contribution in [0.2, 0.25) is 0 Å². The van der Waals surface area contributed by atoms with Gasteiger partial charge >= 0.3 is 5.00 Å². The summed E-state index contributed by atoms with van der Waals surface area (Å²) in [6, 6.07) is 2.59. The summed E-state index contributed by atoms with van der Waals surface area (Å²) in [6.45, 7) is 0.782. The Balaban J connectivity index is 1.90. The van der Waals surface area contributed by atoms with Crippen molar-refractivity contribution in [3.8, 4) is 0 Å². The molecule has 6 heteroatoms. The smallest absolute Gasteiger partial charge is 0.324 e. The van der Waals surface area contributed by atoms with E-state index in [9.17, 15) is 10.1 Å². The second-order valence-corrected chi connectivity index (χ2v) is 5.92. The number of nitrogens with zero attached hydrogens (tertiary/aromatic N) is 2. The van der Waals surface area contributed by atoms with Crippen LogP contribution in [0.4, 0.5) is 5.00 Å². The van der Waals surface area contributed by atoms with E-state index in [-0.39, 0.29) is 9.92 Å². The van der Waals surface area contributed by atoms with Crippen LogP contribution in [0.1, 0.15) is 31.2 Å². The molecule has 1 aliphatic carbocycles. The lowest BCUT2D eigenvalue weighted by molar-refractivity contribution is -0.380. The Kier molecular flexibility index (Phi) is 4.31. The maximum Gasteiger partial charge on any atom is 0.324 e. The summed E-state index contributed by atoms with van der Waals surface area (Å²) in [5, 5.41) is 12.7. The predicted molar refractivity (Wildman–Crippen MR) is 72.7 cm³/mol. The van der Waals surface area contributed by atoms with Crippen LogP contribution in [0.15, 0.2) is 11.4 Å². The van der Waals surface area contributed by atoms with Crippen molar-refractivity contribution in [2.45, 2.75) is 44.3 Å². The van der Waals surface area contributed by atoms with Crippen LogP contribution in [0.5, 0.6) is 0 Å². The molecule has 1 aromatic heterocycles. The Labute approximate surface area is 111 Å². The van der Waals surface area contributed by atoms with Crippen LogP contribution < -0.4 is 5.73 Å². The van der Waals surface area contributed by atoms with Gasteiger partial charge in [-0.25, -0.2) is 0 Å². The van der Waals surface area contributed by atoms with Crippen molar-refractivity contribution in [3.63, 3.8) is 0 Å². The zero-order chi connectivity index (χ0) is 13.1. The topological polar surface area (TPSA) is 72.4 Å². The number of hydrogen-bond donors (Lipinski definition) is 1. The minimum atomic E-state index is -0.326. The molecule has 100 valence electrons. The molecule has 2 rings (SSSR count). The van der Waals surface area contributed by atoms with E-state index in [1.54, 1.807) is 6.07 Å². The van der Waals surface area contributed by atoms with Gasteiger partial charge in [-0.2, -0.15) is 0 Å². The monoisotopic (exact) mass is 269 g/mol. The average molecular weight is 269 g/mol. The van der Waals surface area contributed by atoms with Crippen LogP contribution in [0.3, 0.4) is 0 Å². The quantitative estimate of drug-likeness (QED) is 0.672. The first-order chi connectivity index (χ1) is 8.56. The van der Waals surface area contributed by atoms with Gasteiger partial charge in [-0.1, -0.05) is 11.3 Å². The van der Waals surface area contributed by atoms with Gasteiger partial charge in [0.15, 0.2) is 0 Å². The molecule has 2 N–H and O–H groups in total. The van der Waals surface area contributed by atoms with Gasteiger partial charge in [0, 0.05) is 30.1 Å². The molecule has 0 bridgehead atoms. The van der Waals surface area contributed by atoms with E-state index in [2.05, 4.69) is 11.9 Å². The number of nitro groups is 1. The molecule has 0 amide bonds. The maximum atomic E-state index is 10.6. The molecule has 0 radical (unpaired) electrons. The van der Waals surface area contributed by atoms with Gasteiger partial charge in [-0.3, -0.25) is 15.0 Å². The van der Waals surface area contributed by atoms with E-state index >= 15 is 0 Å². The summed E-state index contributed by atoms with van der Waals surface area (Å²) >= 11 is 1.20. The third-order valence-corrected chi connectivity index (χ3v) is 4.55. The van der Waals surface area contributed by atoms with Crippen molar-refractivity contribution in [2.75, 3.05) is 7.05 Å². The highest BCUT2D eigenvalue weighted by molar-refractivity contribution is 7.13. The summed E-state index contributed by atoms with van der Waals surface area (Å²) < 4.78 is 0. The first kappa shape index (κ1) is 13.5. The predicted octanol–water partition coefficient (Wildman–Crippen LogP) is 2.36.